The van der Waals surface area contributed by atoms with Gasteiger partial charge in [0.25, 0.3) is 0 Å². The van der Waals surface area contributed by atoms with Crippen LogP contribution in [0.15, 0.2) is 53.4 Å². The highest BCUT2D eigenvalue weighted by molar-refractivity contribution is 7.89. The van der Waals surface area contributed by atoms with Gasteiger partial charge < -0.3 is 24.8 Å². The van der Waals surface area contributed by atoms with Gasteiger partial charge in [-0.05, 0) is 30.5 Å². The highest BCUT2D eigenvalue weighted by atomic mass is 32.2. The first kappa shape index (κ1) is 24.0. The quantitative estimate of drug-likeness (QED) is 0.413. The van der Waals surface area contributed by atoms with Crippen LogP contribution in [0.25, 0.3) is 0 Å². The van der Waals surface area contributed by atoms with Crippen molar-refractivity contribution in [2.24, 2.45) is 0 Å². The average Bonchev–Trinajstić information content (AvgIpc) is 3.35. The molecule has 10 nitrogen and oxygen atoms in total. The topological polar surface area (TPSA) is 123 Å². The number of nitrogens with one attached hydrogen (secondary N) is 2. The Morgan fingerprint density at radius 1 is 0.941 bits per heavy atom. The molecule has 1 atom stereocenters. The molecule has 2 N–H and O–H groups in total. The number of amides is 2. The standard InChI is InChI=1S/C23H27N3O7S/c27-22(24-10-4-7-17-5-2-1-3-6-17)23(28)25-16-21-26(11-12-33-21)34(29,30)18-8-9-19-20(15-18)32-14-13-31-19/h1-3,5-6,8-9,15,21H,4,7,10-14,16H2,(H,24,27)(H,25,28). The van der Waals surface area contributed by atoms with Crippen molar-refractivity contribution in [1.29, 1.82) is 0 Å². The molecule has 1 fully saturated rings. The summed E-state index contributed by atoms with van der Waals surface area (Å²) in [5, 5.41) is 5.03. The first-order valence-electron chi connectivity index (χ1n) is 11.1. The molecular weight excluding hydrogens is 462 g/mol. The van der Waals surface area contributed by atoms with Crippen LogP contribution in [-0.2, 0) is 30.8 Å². The Labute approximate surface area is 198 Å². The van der Waals surface area contributed by atoms with Crippen molar-refractivity contribution in [3.63, 3.8) is 0 Å². The number of fused-ring (bicyclic) bond motifs is 1. The summed E-state index contributed by atoms with van der Waals surface area (Å²) in [4.78, 5) is 24.3. The maximum absolute atomic E-state index is 13.2. The normalized spacial score (nSPS) is 17.8. The van der Waals surface area contributed by atoms with Crippen molar-refractivity contribution in [3.05, 3.63) is 54.1 Å². The summed E-state index contributed by atoms with van der Waals surface area (Å²) < 4.78 is 43.9. The molecule has 2 aliphatic heterocycles. The summed E-state index contributed by atoms with van der Waals surface area (Å²) in [7, 11) is -3.91. The number of hydrogen-bond acceptors (Lipinski definition) is 7. The molecule has 2 aromatic carbocycles. The maximum Gasteiger partial charge on any atom is 0.309 e. The van der Waals surface area contributed by atoms with Gasteiger partial charge in [0, 0.05) is 19.2 Å². The monoisotopic (exact) mass is 489 g/mol. The Morgan fingerprint density at radius 3 is 2.47 bits per heavy atom. The van der Waals surface area contributed by atoms with Crippen molar-refractivity contribution >= 4 is 21.8 Å². The van der Waals surface area contributed by atoms with Crippen molar-refractivity contribution < 1.29 is 32.2 Å². The zero-order valence-corrected chi connectivity index (χ0v) is 19.4. The molecule has 0 aromatic heterocycles. The lowest BCUT2D eigenvalue weighted by atomic mass is 10.1. The largest absolute Gasteiger partial charge is 0.486 e. The van der Waals surface area contributed by atoms with Gasteiger partial charge in [0.2, 0.25) is 10.0 Å². The van der Waals surface area contributed by atoms with Crippen molar-refractivity contribution in [2.75, 3.05) is 39.5 Å². The van der Waals surface area contributed by atoms with E-state index in [2.05, 4.69) is 10.6 Å². The summed E-state index contributed by atoms with van der Waals surface area (Å²) >= 11 is 0. The van der Waals surface area contributed by atoms with Crippen LogP contribution < -0.4 is 20.1 Å². The highest BCUT2D eigenvalue weighted by Crippen LogP contribution is 2.34. The van der Waals surface area contributed by atoms with Gasteiger partial charge >= 0.3 is 11.8 Å². The van der Waals surface area contributed by atoms with Gasteiger partial charge in [-0.2, -0.15) is 4.31 Å². The number of nitrogens with zero attached hydrogens (tertiary/aromatic N) is 1. The number of aryl methyl sites for hydroxylation is 1. The summed E-state index contributed by atoms with van der Waals surface area (Å²) in [6.45, 7) is 1.25. The van der Waals surface area contributed by atoms with Crippen LogP contribution in [-0.4, -0.2) is 70.2 Å². The molecule has 11 heteroatoms. The van der Waals surface area contributed by atoms with Crippen LogP contribution >= 0.6 is 0 Å². The minimum absolute atomic E-state index is 0.0368. The predicted molar refractivity (Wildman–Crippen MR) is 122 cm³/mol. The summed E-state index contributed by atoms with van der Waals surface area (Å²) in [5.41, 5.74) is 1.15. The number of carbonyl (C=O) groups excluding carboxylic acids is 2. The van der Waals surface area contributed by atoms with Gasteiger partial charge in [0.05, 0.1) is 18.0 Å². The predicted octanol–water partition coefficient (Wildman–Crippen LogP) is 0.670. The molecule has 34 heavy (non-hydrogen) atoms. The average molecular weight is 490 g/mol. The highest BCUT2D eigenvalue weighted by Gasteiger charge is 2.37. The molecule has 4 rings (SSSR count). The van der Waals surface area contributed by atoms with E-state index in [-0.39, 0.29) is 24.6 Å². The van der Waals surface area contributed by atoms with E-state index in [0.717, 1.165) is 16.3 Å². The second kappa shape index (κ2) is 10.9. The van der Waals surface area contributed by atoms with Gasteiger partial charge in [-0.15, -0.1) is 0 Å². The molecule has 1 saturated heterocycles. The van der Waals surface area contributed by atoms with Gasteiger partial charge in [0.1, 0.15) is 19.4 Å². The number of hydrogen-bond donors (Lipinski definition) is 2. The van der Waals surface area contributed by atoms with Crippen LogP contribution in [0, 0.1) is 0 Å². The van der Waals surface area contributed by atoms with Crippen molar-refractivity contribution in [3.8, 4) is 11.5 Å². The van der Waals surface area contributed by atoms with Gasteiger partial charge in [0.15, 0.2) is 11.5 Å². The minimum Gasteiger partial charge on any atom is -0.486 e. The van der Waals surface area contributed by atoms with Crippen LogP contribution in [0.1, 0.15) is 12.0 Å². The molecule has 2 heterocycles. The second-order valence-electron chi connectivity index (χ2n) is 7.80. The minimum atomic E-state index is -3.91. The summed E-state index contributed by atoms with van der Waals surface area (Å²) in [6, 6.07) is 14.2. The van der Waals surface area contributed by atoms with Crippen LogP contribution in [0.3, 0.4) is 0 Å². The third-order valence-corrected chi connectivity index (χ3v) is 7.36. The molecule has 0 bridgehead atoms. The van der Waals surface area contributed by atoms with Gasteiger partial charge in [-0.25, -0.2) is 8.42 Å². The molecule has 2 aromatic rings. The van der Waals surface area contributed by atoms with Gasteiger partial charge in [-0.1, -0.05) is 30.3 Å². The third-order valence-electron chi connectivity index (χ3n) is 5.48. The zero-order valence-electron chi connectivity index (χ0n) is 18.6. The van der Waals surface area contributed by atoms with E-state index in [0.29, 0.717) is 37.7 Å². The molecule has 182 valence electrons. The maximum atomic E-state index is 13.2. The molecule has 1 unspecified atom stereocenters. The molecule has 2 amide bonds. The summed E-state index contributed by atoms with van der Waals surface area (Å²) in [6.07, 6.45) is 0.551. The number of ether oxygens (including phenoxy) is 3. The van der Waals surface area contributed by atoms with E-state index in [1.54, 1.807) is 6.07 Å². The Bertz CT molecular complexity index is 1120. The summed E-state index contributed by atoms with van der Waals surface area (Å²) in [5.74, 6) is -0.762. The lowest BCUT2D eigenvalue weighted by Gasteiger charge is -2.24. The van der Waals surface area contributed by atoms with E-state index in [4.69, 9.17) is 14.2 Å². The van der Waals surface area contributed by atoms with E-state index >= 15 is 0 Å². The fourth-order valence-electron chi connectivity index (χ4n) is 3.74. The molecule has 0 spiro atoms. The number of carbonyl (C=O) groups is 2. The smallest absolute Gasteiger partial charge is 0.309 e. The fourth-order valence-corrected chi connectivity index (χ4v) is 5.27. The Hall–Kier alpha value is -3.15. The van der Waals surface area contributed by atoms with Crippen molar-refractivity contribution in [1.82, 2.24) is 14.9 Å². The van der Waals surface area contributed by atoms with E-state index in [1.807, 2.05) is 30.3 Å². The van der Waals surface area contributed by atoms with Crippen molar-refractivity contribution in [2.45, 2.75) is 24.0 Å². The molecule has 0 aliphatic carbocycles. The SMILES string of the molecule is O=C(NCCCc1ccccc1)C(=O)NCC1OCCN1S(=O)(=O)c1ccc2c(c1)OCCO2. The molecule has 0 saturated carbocycles. The Balaban J connectivity index is 1.27. The fraction of sp³-hybridized carbons (Fsp3) is 0.391. The van der Waals surface area contributed by atoms with E-state index in [1.165, 1.54) is 12.1 Å². The molecule has 0 radical (unpaired) electrons. The zero-order chi connectivity index (χ0) is 24.0. The van der Waals surface area contributed by atoms with E-state index in [9.17, 15) is 18.0 Å². The van der Waals surface area contributed by atoms with E-state index < -0.39 is 28.1 Å². The lowest BCUT2D eigenvalue weighted by Crippen LogP contribution is -2.47. The van der Waals surface area contributed by atoms with Crippen LogP contribution in [0.2, 0.25) is 0 Å². The van der Waals surface area contributed by atoms with Crippen LogP contribution in [0.4, 0.5) is 0 Å². The number of benzene rings is 2. The first-order valence-corrected chi connectivity index (χ1v) is 12.5. The van der Waals surface area contributed by atoms with Crippen LogP contribution in [0.5, 0.6) is 11.5 Å². The molecule has 2 aliphatic rings. The number of rotatable bonds is 8. The third kappa shape index (κ3) is 5.66. The Kier molecular flexibility index (Phi) is 7.66. The van der Waals surface area contributed by atoms with Gasteiger partial charge in [-0.3, -0.25) is 9.59 Å². The Morgan fingerprint density at radius 2 is 1.68 bits per heavy atom. The second-order valence-corrected chi connectivity index (χ2v) is 9.69. The lowest BCUT2D eigenvalue weighted by molar-refractivity contribution is -0.139. The first-order chi connectivity index (χ1) is 16.4. The molecular formula is C23H27N3O7S. The number of sulfonamides is 1.